The number of aryl methyl sites for hydroxylation is 1. The van der Waals surface area contributed by atoms with Crippen LogP contribution in [-0.4, -0.2) is 88.9 Å². The van der Waals surface area contributed by atoms with Crippen molar-refractivity contribution in [2.45, 2.75) is 44.2 Å². The first-order valence-electron chi connectivity index (χ1n) is 12.3. The van der Waals surface area contributed by atoms with Gasteiger partial charge in [-0.1, -0.05) is 28.1 Å². The third-order valence-corrected chi connectivity index (χ3v) is 6.10. The zero-order valence-corrected chi connectivity index (χ0v) is 22.1. The molecule has 10 heteroatoms. The molecule has 3 rings (SSSR count). The lowest BCUT2D eigenvalue weighted by molar-refractivity contribution is -0.244. The van der Waals surface area contributed by atoms with Gasteiger partial charge in [-0.15, -0.1) is 0 Å². The number of nitrogens with one attached hydrogen (secondary N) is 1. The molecule has 0 spiro atoms. The maximum Gasteiger partial charge on any atom is 0.226 e. The maximum atomic E-state index is 12.2. The summed E-state index contributed by atoms with van der Waals surface area (Å²) in [5.74, 6) is -1.45. The molecule has 2 fully saturated rings. The molecular formula is C25H38BrNO8. The molecule has 2 aliphatic heterocycles. The molecular weight excluding hydrogens is 522 g/mol. The number of alkyl halides is 1. The van der Waals surface area contributed by atoms with Crippen LogP contribution in [0.4, 0.5) is 5.69 Å². The van der Waals surface area contributed by atoms with E-state index in [2.05, 4.69) is 21.2 Å². The first-order valence-corrected chi connectivity index (χ1v) is 13.4. The van der Waals surface area contributed by atoms with Crippen molar-refractivity contribution in [1.29, 1.82) is 0 Å². The Balaban J connectivity index is 1.30. The quantitative estimate of drug-likeness (QED) is 0.229. The zero-order chi connectivity index (χ0) is 24.8. The smallest absolute Gasteiger partial charge is 0.226 e. The van der Waals surface area contributed by atoms with E-state index in [0.717, 1.165) is 23.0 Å². The van der Waals surface area contributed by atoms with Gasteiger partial charge >= 0.3 is 0 Å². The number of rotatable bonds is 17. The van der Waals surface area contributed by atoms with Crippen LogP contribution in [0, 0.1) is 0 Å². The molecule has 0 aliphatic carbocycles. The molecule has 2 aliphatic rings. The third-order valence-electron chi connectivity index (χ3n) is 5.77. The van der Waals surface area contributed by atoms with Crippen LogP contribution in [-0.2, 0) is 44.4 Å². The Hall–Kier alpha value is -1.11. The van der Waals surface area contributed by atoms with Crippen molar-refractivity contribution >= 4 is 27.5 Å². The molecule has 0 atom stereocenters. The lowest BCUT2D eigenvalue weighted by Crippen LogP contribution is -2.41. The molecule has 0 aromatic heterocycles. The summed E-state index contributed by atoms with van der Waals surface area (Å²) >= 11 is 3.30. The zero-order valence-electron chi connectivity index (χ0n) is 20.6. The van der Waals surface area contributed by atoms with Crippen LogP contribution in [0.3, 0.4) is 0 Å². The van der Waals surface area contributed by atoms with Crippen LogP contribution in [0.1, 0.15) is 31.7 Å². The SMILES string of the molecule is CC1(CC2(CCc3ccc(NC(=O)CCOCCOCCOCCBr)cc3)OCCO2)OCCO1. The van der Waals surface area contributed by atoms with E-state index < -0.39 is 11.6 Å². The fraction of sp³-hybridized carbons (Fsp3) is 0.720. The molecule has 1 amide bonds. The number of carbonyl (C=O) groups is 1. The van der Waals surface area contributed by atoms with Crippen LogP contribution in [0.5, 0.6) is 0 Å². The molecule has 1 N–H and O–H groups in total. The maximum absolute atomic E-state index is 12.2. The Kier molecular flexibility index (Phi) is 12.4. The molecule has 1 aromatic carbocycles. The summed E-state index contributed by atoms with van der Waals surface area (Å²) in [7, 11) is 0. The second-order valence-electron chi connectivity index (χ2n) is 8.64. The van der Waals surface area contributed by atoms with Crippen LogP contribution in [0.15, 0.2) is 24.3 Å². The summed E-state index contributed by atoms with van der Waals surface area (Å²) < 4.78 is 39.6. The lowest BCUT2D eigenvalue weighted by atomic mass is 9.98. The Bertz CT molecular complexity index is 735. The van der Waals surface area contributed by atoms with E-state index >= 15 is 0 Å². The van der Waals surface area contributed by atoms with Gasteiger partial charge in [0, 0.05) is 17.4 Å². The second-order valence-corrected chi connectivity index (χ2v) is 9.43. The molecule has 0 saturated carbocycles. The van der Waals surface area contributed by atoms with Crippen molar-refractivity contribution in [1.82, 2.24) is 0 Å². The van der Waals surface area contributed by atoms with Crippen LogP contribution in [0.2, 0.25) is 0 Å². The van der Waals surface area contributed by atoms with E-state index in [1.54, 1.807) is 0 Å². The summed E-state index contributed by atoms with van der Waals surface area (Å²) in [5.41, 5.74) is 1.90. The summed E-state index contributed by atoms with van der Waals surface area (Å²) in [6, 6.07) is 7.84. The molecule has 1 aromatic rings. The monoisotopic (exact) mass is 559 g/mol. The van der Waals surface area contributed by atoms with Gasteiger partial charge in [-0.05, 0) is 31.0 Å². The van der Waals surface area contributed by atoms with Crippen LogP contribution in [0.25, 0.3) is 0 Å². The second kappa shape index (κ2) is 15.2. The highest BCUT2D eigenvalue weighted by atomic mass is 79.9. The average molecular weight is 560 g/mol. The van der Waals surface area contributed by atoms with Crippen molar-refractivity contribution in [2.24, 2.45) is 0 Å². The van der Waals surface area contributed by atoms with E-state index in [4.69, 9.17) is 33.2 Å². The normalized spacial score (nSPS) is 18.7. The van der Waals surface area contributed by atoms with E-state index in [-0.39, 0.29) is 12.3 Å². The fourth-order valence-corrected chi connectivity index (χ4v) is 4.28. The van der Waals surface area contributed by atoms with Crippen molar-refractivity contribution in [3.63, 3.8) is 0 Å². The molecule has 9 nitrogen and oxygen atoms in total. The highest BCUT2D eigenvalue weighted by Crippen LogP contribution is 2.37. The number of amides is 1. The number of carbonyl (C=O) groups excluding carboxylic acids is 1. The van der Waals surface area contributed by atoms with Crippen LogP contribution < -0.4 is 5.32 Å². The molecule has 2 saturated heterocycles. The van der Waals surface area contributed by atoms with E-state index in [0.29, 0.717) is 78.9 Å². The Morgan fingerprint density at radius 3 is 2.09 bits per heavy atom. The largest absolute Gasteiger partial charge is 0.379 e. The van der Waals surface area contributed by atoms with Crippen molar-refractivity contribution < 1.29 is 38.0 Å². The minimum atomic E-state index is -0.696. The van der Waals surface area contributed by atoms with E-state index in [1.807, 2.05) is 31.2 Å². The number of hydrogen-bond acceptors (Lipinski definition) is 8. The molecule has 198 valence electrons. The number of halogens is 1. The first kappa shape index (κ1) is 28.5. The van der Waals surface area contributed by atoms with Crippen molar-refractivity contribution in [3.8, 4) is 0 Å². The predicted molar refractivity (Wildman–Crippen MR) is 134 cm³/mol. The van der Waals surface area contributed by atoms with Gasteiger partial charge in [0.15, 0.2) is 11.6 Å². The summed E-state index contributed by atoms with van der Waals surface area (Å²) in [6.45, 7) is 7.33. The van der Waals surface area contributed by atoms with Gasteiger partial charge in [-0.3, -0.25) is 4.79 Å². The van der Waals surface area contributed by atoms with Crippen molar-refractivity contribution in [2.75, 3.05) is 76.7 Å². The summed E-state index contributed by atoms with van der Waals surface area (Å²) in [5, 5.41) is 3.72. The molecule has 0 bridgehead atoms. The van der Waals surface area contributed by atoms with Gasteiger partial charge in [-0.2, -0.15) is 0 Å². The summed E-state index contributed by atoms with van der Waals surface area (Å²) in [4.78, 5) is 12.2. The number of ether oxygens (including phenoxy) is 7. The molecule has 35 heavy (non-hydrogen) atoms. The Morgan fingerprint density at radius 1 is 0.886 bits per heavy atom. The van der Waals surface area contributed by atoms with Gasteiger partial charge in [0.25, 0.3) is 0 Å². The topological polar surface area (TPSA) is 93.7 Å². The molecule has 0 radical (unpaired) electrons. The van der Waals surface area contributed by atoms with Gasteiger partial charge in [0.05, 0.1) is 78.9 Å². The Morgan fingerprint density at radius 2 is 1.46 bits per heavy atom. The summed E-state index contributed by atoms with van der Waals surface area (Å²) in [6.07, 6.45) is 2.30. The number of hydrogen-bond donors (Lipinski definition) is 1. The number of anilines is 1. The standard InChI is InChI=1S/C25H38BrNO8/c1-24(32-16-17-33-24)20-25(34-18-19-35-25)8-6-21-2-4-22(5-3-21)27-23(28)7-10-29-12-14-31-15-13-30-11-9-26/h2-5H,6-20H2,1H3,(H,27,28). The minimum Gasteiger partial charge on any atom is -0.379 e. The molecule has 2 heterocycles. The number of benzene rings is 1. The predicted octanol–water partition coefficient (Wildman–Crippen LogP) is 3.29. The molecule has 0 unspecified atom stereocenters. The minimum absolute atomic E-state index is 0.0849. The van der Waals surface area contributed by atoms with Crippen molar-refractivity contribution in [3.05, 3.63) is 29.8 Å². The van der Waals surface area contributed by atoms with Gasteiger partial charge in [0.2, 0.25) is 5.91 Å². The highest BCUT2D eigenvalue weighted by molar-refractivity contribution is 9.09. The highest BCUT2D eigenvalue weighted by Gasteiger charge is 2.46. The first-order chi connectivity index (χ1) is 17.0. The van der Waals surface area contributed by atoms with Gasteiger partial charge in [0.1, 0.15) is 0 Å². The van der Waals surface area contributed by atoms with Gasteiger partial charge < -0.3 is 38.5 Å². The Labute approximate surface area is 216 Å². The van der Waals surface area contributed by atoms with E-state index in [1.165, 1.54) is 0 Å². The van der Waals surface area contributed by atoms with Crippen LogP contribution >= 0.6 is 15.9 Å². The van der Waals surface area contributed by atoms with E-state index in [9.17, 15) is 4.79 Å². The third kappa shape index (κ3) is 10.4. The fourth-order valence-electron chi connectivity index (χ4n) is 4.05. The lowest BCUT2D eigenvalue weighted by Gasteiger charge is -2.34. The van der Waals surface area contributed by atoms with Gasteiger partial charge in [-0.25, -0.2) is 0 Å². The average Bonchev–Trinajstić information content (AvgIpc) is 3.49.